The maximum Gasteiger partial charge on any atom is 0.407 e. The topological polar surface area (TPSA) is 114 Å². The monoisotopic (exact) mass is 462 g/mol. The number of carboxylic acid groups (broad SMARTS) is 1. The summed E-state index contributed by atoms with van der Waals surface area (Å²) in [5, 5.41) is 14.5. The number of carbonyl (C=O) groups is 3. The van der Waals surface area contributed by atoms with Gasteiger partial charge in [-0.25, -0.2) is 4.79 Å². The van der Waals surface area contributed by atoms with Crippen molar-refractivity contribution in [1.29, 1.82) is 0 Å². The molecule has 176 valence electrons. The summed E-state index contributed by atoms with van der Waals surface area (Å²) in [5.41, 5.74) is 3.41. The number of nitrogens with one attached hydrogen (secondary N) is 2. The minimum absolute atomic E-state index is 0.0414. The van der Waals surface area contributed by atoms with Crippen molar-refractivity contribution >= 4 is 18.0 Å². The van der Waals surface area contributed by atoms with Crippen molar-refractivity contribution in [2.75, 3.05) is 32.9 Å². The maximum absolute atomic E-state index is 12.1. The predicted molar refractivity (Wildman–Crippen MR) is 124 cm³/mol. The molecule has 0 saturated carbocycles. The molecule has 2 aromatic carbocycles. The summed E-state index contributed by atoms with van der Waals surface area (Å²) in [6, 6.07) is 16.1. The molecule has 1 heterocycles. The van der Waals surface area contributed by atoms with Crippen LogP contribution in [0.15, 0.2) is 48.5 Å². The first-order chi connectivity index (χ1) is 16.5. The third-order valence-electron chi connectivity index (χ3n) is 6.23. The fourth-order valence-corrected chi connectivity index (χ4v) is 4.42. The van der Waals surface area contributed by atoms with E-state index in [1.165, 1.54) is 0 Å². The smallest absolute Gasteiger partial charge is 0.407 e. The van der Waals surface area contributed by atoms with E-state index in [1.807, 2.05) is 36.4 Å². The van der Waals surface area contributed by atoms with Crippen LogP contribution in [0.25, 0.3) is 11.1 Å². The van der Waals surface area contributed by atoms with E-state index in [0.29, 0.717) is 19.4 Å². The summed E-state index contributed by atoms with van der Waals surface area (Å²) in [6.07, 6.45) is 0.429. The van der Waals surface area contributed by atoms with Crippen LogP contribution >= 0.6 is 0 Å². The first-order valence-corrected chi connectivity index (χ1v) is 11.2. The lowest BCUT2D eigenvalue weighted by atomic mass is 9.82. The van der Waals surface area contributed by atoms with Crippen LogP contribution in [0.2, 0.25) is 0 Å². The number of fused-ring (bicyclic) bond motifs is 3. The summed E-state index contributed by atoms with van der Waals surface area (Å²) in [7, 11) is 0. The predicted octanol–water partition coefficient (Wildman–Crippen LogP) is 2.53. The first kappa shape index (κ1) is 23.3. The van der Waals surface area contributed by atoms with Crippen molar-refractivity contribution in [2.24, 2.45) is 5.41 Å². The van der Waals surface area contributed by atoms with Crippen molar-refractivity contribution in [3.8, 4) is 23.0 Å². The van der Waals surface area contributed by atoms with Gasteiger partial charge in [0.15, 0.2) is 0 Å². The van der Waals surface area contributed by atoms with E-state index in [9.17, 15) is 19.5 Å². The molecule has 3 N–H and O–H groups in total. The Labute approximate surface area is 197 Å². The van der Waals surface area contributed by atoms with Gasteiger partial charge in [-0.05, 0) is 41.0 Å². The molecule has 2 aromatic rings. The molecule has 1 atom stereocenters. The Balaban J connectivity index is 1.23. The van der Waals surface area contributed by atoms with E-state index in [-0.39, 0.29) is 32.2 Å². The Bertz CT molecular complexity index is 1100. The zero-order valence-electron chi connectivity index (χ0n) is 18.6. The van der Waals surface area contributed by atoms with Gasteiger partial charge in [0.2, 0.25) is 0 Å². The van der Waals surface area contributed by atoms with Gasteiger partial charge in [0.1, 0.15) is 12.0 Å². The van der Waals surface area contributed by atoms with Crippen LogP contribution in [0.5, 0.6) is 0 Å². The lowest BCUT2D eigenvalue weighted by Crippen LogP contribution is -2.48. The maximum atomic E-state index is 12.1. The third kappa shape index (κ3) is 5.05. The lowest BCUT2D eigenvalue weighted by Gasteiger charge is -2.32. The van der Waals surface area contributed by atoms with Gasteiger partial charge in [-0.3, -0.25) is 9.59 Å². The van der Waals surface area contributed by atoms with Gasteiger partial charge in [0, 0.05) is 19.1 Å². The van der Waals surface area contributed by atoms with Gasteiger partial charge in [-0.2, -0.15) is 0 Å². The summed E-state index contributed by atoms with van der Waals surface area (Å²) >= 11 is 0. The number of amides is 2. The zero-order valence-corrected chi connectivity index (χ0v) is 18.6. The zero-order chi connectivity index (χ0) is 24.0. The fourth-order valence-electron chi connectivity index (χ4n) is 4.42. The van der Waals surface area contributed by atoms with E-state index >= 15 is 0 Å². The molecule has 1 aliphatic carbocycles. The number of hydrogen-bond donors (Lipinski definition) is 3. The second-order valence-electron chi connectivity index (χ2n) is 8.41. The average molecular weight is 463 g/mol. The molecule has 0 aromatic heterocycles. The van der Waals surface area contributed by atoms with Crippen LogP contribution in [0, 0.1) is 17.3 Å². The van der Waals surface area contributed by atoms with Crippen LogP contribution in [-0.4, -0.2) is 56.0 Å². The number of alkyl carbamates (subject to hydrolysis) is 1. The Morgan fingerprint density at radius 2 is 1.74 bits per heavy atom. The van der Waals surface area contributed by atoms with E-state index in [0.717, 1.165) is 22.3 Å². The number of hydrogen-bond acceptors (Lipinski definition) is 5. The molecule has 1 aliphatic heterocycles. The van der Waals surface area contributed by atoms with Crippen LogP contribution in [0.4, 0.5) is 4.79 Å². The third-order valence-corrected chi connectivity index (χ3v) is 6.23. The lowest BCUT2D eigenvalue weighted by molar-refractivity contribution is -0.157. The van der Waals surface area contributed by atoms with E-state index in [2.05, 4.69) is 34.6 Å². The summed E-state index contributed by atoms with van der Waals surface area (Å²) < 4.78 is 10.7. The minimum atomic E-state index is -1.13. The normalized spacial score (nSPS) is 18.6. The van der Waals surface area contributed by atoms with Gasteiger partial charge in [-0.15, -0.1) is 0 Å². The highest BCUT2D eigenvalue weighted by atomic mass is 16.5. The van der Waals surface area contributed by atoms with Crippen LogP contribution < -0.4 is 10.6 Å². The van der Waals surface area contributed by atoms with Gasteiger partial charge in [0.25, 0.3) is 5.91 Å². The summed E-state index contributed by atoms with van der Waals surface area (Å²) in [5.74, 6) is 3.25. The Hall–Kier alpha value is -3.83. The van der Waals surface area contributed by atoms with Gasteiger partial charge < -0.3 is 25.2 Å². The Morgan fingerprint density at radius 1 is 1.06 bits per heavy atom. The van der Waals surface area contributed by atoms with Crippen LogP contribution in [0.3, 0.4) is 0 Å². The first-order valence-electron chi connectivity index (χ1n) is 11.2. The van der Waals surface area contributed by atoms with Gasteiger partial charge >= 0.3 is 12.1 Å². The van der Waals surface area contributed by atoms with Crippen LogP contribution in [0.1, 0.15) is 29.9 Å². The van der Waals surface area contributed by atoms with Gasteiger partial charge in [-0.1, -0.05) is 54.5 Å². The van der Waals surface area contributed by atoms with Crippen molar-refractivity contribution in [2.45, 2.75) is 18.8 Å². The molecule has 0 spiro atoms. The number of benzene rings is 2. The van der Waals surface area contributed by atoms with Gasteiger partial charge in [0.05, 0.1) is 13.2 Å². The number of carboxylic acids is 1. The number of carbonyl (C=O) groups excluding carboxylic acids is 2. The summed E-state index contributed by atoms with van der Waals surface area (Å²) in [4.78, 5) is 35.7. The second-order valence-corrected chi connectivity index (χ2v) is 8.41. The van der Waals surface area contributed by atoms with Crippen molar-refractivity contribution < 1.29 is 29.0 Å². The second kappa shape index (κ2) is 10.4. The molecule has 8 nitrogen and oxygen atoms in total. The Kier molecular flexibility index (Phi) is 7.14. The Morgan fingerprint density at radius 3 is 2.35 bits per heavy atom. The van der Waals surface area contributed by atoms with Crippen molar-refractivity contribution in [3.05, 3.63) is 59.7 Å². The number of aliphatic carboxylic acids is 1. The molecule has 8 heteroatoms. The van der Waals surface area contributed by atoms with E-state index in [1.54, 1.807) is 0 Å². The quantitative estimate of drug-likeness (QED) is 0.569. The fraction of sp³-hybridized carbons (Fsp3) is 0.346. The molecular weight excluding hydrogens is 436 g/mol. The molecule has 0 bridgehead atoms. The van der Waals surface area contributed by atoms with Crippen molar-refractivity contribution in [1.82, 2.24) is 10.6 Å². The molecule has 34 heavy (non-hydrogen) atoms. The highest BCUT2D eigenvalue weighted by molar-refractivity contribution is 5.94. The highest BCUT2D eigenvalue weighted by Gasteiger charge is 2.40. The molecule has 2 amide bonds. The molecule has 0 radical (unpaired) electrons. The van der Waals surface area contributed by atoms with Crippen molar-refractivity contribution in [3.63, 3.8) is 0 Å². The molecule has 2 aliphatic rings. The standard InChI is InChI=1S/C26H26N2O6/c29-23(28-16-26(24(30)31)12-6-14-33-17-26)11-5-13-27-25(32)34-15-22-20-9-3-1-7-18(20)19-8-2-4-10-21(19)22/h1-4,7-10,22H,6,12-17H2,(H,27,32)(H,28,29)(H,30,31). The number of ether oxygens (including phenoxy) is 2. The largest absolute Gasteiger partial charge is 0.481 e. The molecular formula is C26H26N2O6. The SMILES string of the molecule is O=C(C#CCNC(=O)OCC1c2ccccc2-c2ccccc21)NCC1(C(=O)O)CCCOC1. The van der Waals surface area contributed by atoms with Crippen LogP contribution in [-0.2, 0) is 19.1 Å². The van der Waals surface area contributed by atoms with E-state index < -0.39 is 23.4 Å². The summed E-state index contributed by atoms with van der Waals surface area (Å²) in [6.45, 7) is 0.629. The molecule has 4 rings (SSSR count). The number of rotatable bonds is 6. The highest BCUT2D eigenvalue weighted by Crippen LogP contribution is 2.44. The van der Waals surface area contributed by atoms with E-state index in [4.69, 9.17) is 9.47 Å². The average Bonchev–Trinajstić information content (AvgIpc) is 3.18. The molecule has 1 saturated heterocycles. The molecule has 1 fully saturated rings. The molecule has 1 unspecified atom stereocenters. The minimum Gasteiger partial charge on any atom is -0.481 e.